The monoisotopic (exact) mass is 286 g/mol. The number of carbonyl (C=O) groups excluding carboxylic acids is 1. The Hall–Kier alpha value is -2.07. The van der Waals surface area contributed by atoms with Gasteiger partial charge in [-0.25, -0.2) is 0 Å². The lowest BCUT2D eigenvalue weighted by atomic mass is 9.99. The first-order valence-electron chi connectivity index (χ1n) is 5.80. The van der Waals surface area contributed by atoms with Crippen LogP contribution in [0.1, 0.15) is 11.5 Å². The number of hydrogen-bond donors (Lipinski definition) is 1. The van der Waals surface area contributed by atoms with Gasteiger partial charge in [0.05, 0.1) is 12.7 Å². The van der Waals surface area contributed by atoms with E-state index in [1.165, 1.54) is 12.1 Å². The van der Waals surface area contributed by atoms with E-state index < -0.39 is 37.7 Å². The highest BCUT2D eigenvalue weighted by molar-refractivity contribution is 5.86. The van der Waals surface area contributed by atoms with Gasteiger partial charge in [0.25, 0.3) is 0 Å². The van der Waals surface area contributed by atoms with Gasteiger partial charge in [-0.2, -0.15) is 18.4 Å². The molecule has 0 aromatic heterocycles. The van der Waals surface area contributed by atoms with Crippen LogP contribution in [0, 0.1) is 11.3 Å². The SMILES string of the molecule is N#CC(C(=O)N(CCO)CC(F)(F)F)c1ccccc1. The summed E-state index contributed by atoms with van der Waals surface area (Å²) in [6.45, 7) is -2.56. The third-order valence-corrected chi connectivity index (χ3v) is 2.56. The van der Waals surface area contributed by atoms with Crippen molar-refractivity contribution in [3.8, 4) is 6.07 Å². The van der Waals surface area contributed by atoms with Gasteiger partial charge < -0.3 is 10.0 Å². The molecule has 0 aliphatic rings. The van der Waals surface area contributed by atoms with Crippen molar-refractivity contribution in [2.45, 2.75) is 12.1 Å². The van der Waals surface area contributed by atoms with Gasteiger partial charge in [0.2, 0.25) is 5.91 Å². The van der Waals surface area contributed by atoms with Crippen LogP contribution in [-0.4, -0.2) is 41.8 Å². The van der Waals surface area contributed by atoms with Crippen molar-refractivity contribution in [3.63, 3.8) is 0 Å². The molecule has 1 rings (SSSR count). The van der Waals surface area contributed by atoms with Gasteiger partial charge in [-0.05, 0) is 5.56 Å². The quantitative estimate of drug-likeness (QED) is 0.895. The van der Waals surface area contributed by atoms with Crippen LogP contribution in [0.15, 0.2) is 30.3 Å². The summed E-state index contributed by atoms with van der Waals surface area (Å²) < 4.78 is 37.2. The Bertz CT molecular complexity index is 483. The standard InChI is InChI=1S/C13H13F3N2O2/c14-13(15,16)9-18(6-7-19)12(20)11(8-17)10-4-2-1-3-5-10/h1-5,11,19H,6-7,9H2. The molecule has 0 radical (unpaired) electrons. The normalized spacial score (nSPS) is 12.6. The molecule has 0 bridgehead atoms. The van der Waals surface area contributed by atoms with Crippen molar-refractivity contribution in [3.05, 3.63) is 35.9 Å². The molecule has 108 valence electrons. The van der Waals surface area contributed by atoms with Crippen LogP contribution in [0.2, 0.25) is 0 Å². The summed E-state index contributed by atoms with van der Waals surface area (Å²) in [7, 11) is 0. The minimum atomic E-state index is -4.58. The van der Waals surface area contributed by atoms with Gasteiger partial charge in [-0.1, -0.05) is 30.3 Å². The first kappa shape index (κ1) is 16.0. The van der Waals surface area contributed by atoms with E-state index in [4.69, 9.17) is 10.4 Å². The molecule has 1 amide bonds. The topological polar surface area (TPSA) is 64.3 Å². The number of amides is 1. The van der Waals surface area contributed by atoms with Crippen molar-refractivity contribution >= 4 is 5.91 Å². The number of aliphatic hydroxyl groups is 1. The van der Waals surface area contributed by atoms with Crippen LogP contribution in [0.3, 0.4) is 0 Å². The number of rotatable bonds is 5. The fourth-order valence-electron chi connectivity index (χ4n) is 1.70. The third-order valence-electron chi connectivity index (χ3n) is 2.56. The molecule has 0 heterocycles. The lowest BCUT2D eigenvalue weighted by Crippen LogP contribution is -2.42. The Kier molecular flexibility index (Phi) is 5.53. The predicted molar refractivity (Wildman–Crippen MR) is 64.5 cm³/mol. The number of alkyl halides is 3. The predicted octanol–water partition coefficient (Wildman–Crippen LogP) is 1.68. The Balaban J connectivity index is 2.95. The Morgan fingerprint density at radius 2 is 1.95 bits per heavy atom. The first-order chi connectivity index (χ1) is 9.39. The number of nitriles is 1. The molecule has 4 nitrogen and oxygen atoms in total. The molecule has 0 saturated carbocycles. The Labute approximate surface area is 114 Å². The summed E-state index contributed by atoms with van der Waals surface area (Å²) in [6.07, 6.45) is -4.58. The van der Waals surface area contributed by atoms with Crippen LogP contribution < -0.4 is 0 Å². The summed E-state index contributed by atoms with van der Waals surface area (Å²) in [5.74, 6) is -2.28. The zero-order valence-corrected chi connectivity index (χ0v) is 10.5. The number of halogens is 3. The van der Waals surface area contributed by atoms with Crippen LogP contribution in [0.5, 0.6) is 0 Å². The molecule has 1 unspecified atom stereocenters. The molecular formula is C13H13F3N2O2. The zero-order valence-electron chi connectivity index (χ0n) is 10.5. The van der Waals surface area contributed by atoms with Gasteiger partial charge in [0, 0.05) is 6.54 Å². The number of carbonyl (C=O) groups is 1. The van der Waals surface area contributed by atoms with Crippen LogP contribution in [-0.2, 0) is 4.79 Å². The third kappa shape index (κ3) is 4.55. The van der Waals surface area contributed by atoms with E-state index in [0.717, 1.165) is 0 Å². The van der Waals surface area contributed by atoms with Crippen molar-refractivity contribution in [2.75, 3.05) is 19.7 Å². The highest BCUT2D eigenvalue weighted by atomic mass is 19.4. The molecule has 1 aromatic carbocycles. The van der Waals surface area contributed by atoms with E-state index in [-0.39, 0.29) is 0 Å². The Morgan fingerprint density at radius 3 is 2.40 bits per heavy atom. The first-order valence-corrected chi connectivity index (χ1v) is 5.80. The van der Waals surface area contributed by atoms with Crippen molar-refractivity contribution in [1.29, 1.82) is 5.26 Å². The number of nitrogens with zero attached hydrogens (tertiary/aromatic N) is 2. The fourth-order valence-corrected chi connectivity index (χ4v) is 1.70. The average Bonchev–Trinajstić information content (AvgIpc) is 2.39. The summed E-state index contributed by atoms with van der Waals surface area (Å²) in [5.41, 5.74) is 0.324. The average molecular weight is 286 g/mol. The van der Waals surface area contributed by atoms with E-state index in [2.05, 4.69) is 0 Å². The fraction of sp³-hybridized carbons (Fsp3) is 0.385. The maximum atomic E-state index is 12.4. The second-order valence-electron chi connectivity index (χ2n) is 4.07. The molecule has 1 N–H and O–H groups in total. The van der Waals surface area contributed by atoms with E-state index in [0.29, 0.717) is 10.5 Å². The molecule has 0 fully saturated rings. The van der Waals surface area contributed by atoms with Gasteiger partial charge in [0.1, 0.15) is 12.5 Å². The highest BCUT2D eigenvalue weighted by Crippen LogP contribution is 2.22. The number of aliphatic hydroxyl groups excluding tert-OH is 1. The van der Waals surface area contributed by atoms with E-state index in [9.17, 15) is 18.0 Å². The lowest BCUT2D eigenvalue weighted by Gasteiger charge is -2.25. The number of hydrogen-bond acceptors (Lipinski definition) is 3. The molecule has 1 aromatic rings. The van der Waals surface area contributed by atoms with Crippen LogP contribution in [0.25, 0.3) is 0 Å². The maximum Gasteiger partial charge on any atom is 0.406 e. The molecule has 0 spiro atoms. The minimum absolute atomic E-state index is 0.324. The zero-order chi connectivity index (χ0) is 15.2. The van der Waals surface area contributed by atoms with E-state index >= 15 is 0 Å². The maximum absolute atomic E-state index is 12.4. The second kappa shape index (κ2) is 6.91. The summed E-state index contributed by atoms with van der Waals surface area (Å²) in [5, 5.41) is 17.8. The molecular weight excluding hydrogens is 273 g/mol. The van der Waals surface area contributed by atoms with Crippen molar-refractivity contribution in [1.82, 2.24) is 4.90 Å². The summed E-state index contributed by atoms with van der Waals surface area (Å²) in [6, 6.07) is 9.55. The summed E-state index contributed by atoms with van der Waals surface area (Å²) >= 11 is 0. The molecule has 1 atom stereocenters. The van der Waals surface area contributed by atoms with Gasteiger partial charge in [0.15, 0.2) is 0 Å². The van der Waals surface area contributed by atoms with Crippen molar-refractivity contribution in [2.24, 2.45) is 0 Å². The van der Waals surface area contributed by atoms with Gasteiger partial charge in [-0.15, -0.1) is 0 Å². The van der Waals surface area contributed by atoms with E-state index in [1.807, 2.05) is 0 Å². The van der Waals surface area contributed by atoms with Crippen molar-refractivity contribution < 1.29 is 23.1 Å². The van der Waals surface area contributed by atoms with Crippen LogP contribution in [0.4, 0.5) is 13.2 Å². The number of benzene rings is 1. The highest BCUT2D eigenvalue weighted by Gasteiger charge is 2.35. The molecule has 20 heavy (non-hydrogen) atoms. The smallest absolute Gasteiger partial charge is 0.395 e. The molecule has 7 heteroatoms. The van der Waals surface area contributed by atoms with E-state index in [1.54, 1.807) is 24.3 Å². The minimum Gasteiger partial charge on any atom is -0.395 e. The second-order valence-corrected chi connectivity index (χ2v) is 4.07. The molecule has 0 aliphatic heterocycles. The summed E-state index contributed by atoms with van der Waals surface area (Å²) in [4.78, 5) is 12.5. The molecule has 0 aliphatic carbocycles. The largest absolute Gasteiger partial charge is 0.406 e. The lowest BCUT2D eigenvalue weighted by molar-refractivity contribution is -0.162. The Morgan fingerprint density at radius 1 is 1.35 bits per heavy atom. The molecule has 0 saturated heterocycles. The van der Waals surface area contributed by atoms with Crippen LogP contribution >= 0.6 is 0 Å². The van der Waals surface area contributed by atoms with Gasteiger partial charge >= 0.3 is 6.18 Å². The van der Waals surface area contributed by atoms with Gasteiger partial charge in [-0.3, -0.25) is 4.79 Å².